The van der Waals surface area contributed by atoms with Gasteiger partial charge in [0.05, 0.1) is 5.66 Å². The summed E-state index contributed by atoms with van der Waals surface area (Å²) in [5, 5.41) is 7.17. The monoisotopic (exact) mass is 300 g/mol. The Morgan fingerprint density at radius 1 is 1.05 bits per heavy atom. The highest BCUT2D eigenvalue weighted by molar-refractivity contribution is 5.42. The Labute approximate surface area is 121 Å². The van der Waals surface area contributed by atoms with Gasteiger partial charge in [0.15, 0.2) is 11.5 Å². The number of anilines is 1. The maximum absolute atomic E-state index is 12.6. The van der Waals surface area contributed by atoms with E-state index < -0.39 is 11.9 Å². The van der Waals surface area contributed by atoms with E-state index in [2.05, 4.69) is 26.9 Å². The summed E-state index contributed by atoms with van der Waals surface area (Å²) in [6.45, 7) is 5.06. The average Bonchev–Trinajstić information content (AvgIpc) is 3.07. The lowest BCUT2D eigenvalue weighted by molar-refractivity contribution is -0.141. The minimum absolute atomic E-state index is 0.148. The summed E-state index contributed by atoms with van der Waals surface area (Å²) in [6.07, 6.45) is -0.0373. The van der Waals surface area contributed by atoms with E-state index in [4.69, 9.17) is 0 Å². The van der Waals surface area contributed by atoms with Gasteiger partial charge in [-0.3, -0.25) is 4.90 Å². The first kappa shape index (κ1) is 14.6. The van der Waals surface area contributed by atoms with Gasteiger partial charge in [-0.25, -0.2) is 0 Å². The van der Waals surface area contributed by atoms with E-state index in [1.54, 1.807) is 0 Å². The van der Waals surface area contributed by atoms with Crippen LogP contribution < -0.4 is 4.90 Å². The first-order chi connectivity index (χ1) is 9.91. The summed E-state index contributed by atoms with van der Waals surface area (Å²) in [5.74, 6) is 0.537. The van der Waals surface area contributed by atoms with Crippen LogP contribution in [0, 0.1) is 0 Å². The molecule has 2 aliphatic heterocycles. The minimum Gasteiger partial charge on any atom is -0.337 e. The average molecular weight is 300 g/mol. The van der Waals surface area contributed by atoms with Crippen LogP contribution in [0.3, 0.4) is 0 Å². The predicted octanol–water partition coefficient (Wildman–Crippen LogP) is 2.91. The summed E-state index contributed by atoms with van der Waals surface area (Å²) in [6, 6.07) is 2.46. The lowest BCUT2D eigenvalue weighted by Crippen LogP contribution is -2.54. The summed E-state index contributed by atoms with van der Waals surface area (Å²) in [7, 11) is 0. The number of hydrogen-bond acceptors (Lipinski definition) is 4. The molecule has 1 atom stereocenters. The molecular formula is C14H19F3N4. The van der Waals surface area contributed by atoms with Crippen molar-refractivity contribution in [2.45, 2.75) is 44.4 Å². The molecule has 0 N–H and O–H groups in total. The molecule has 3 rings (SSSR count). The number of likely N-dealkylation sites (tertiary alicyclic amines) is 1. The molecule has 0 aliphatic carbocycles. The zero-order chi connectivity index (χ0) is 15.1. The third-order valence-electron chi connectivity index (χ3n) is 4.62. The van der Waals surface area contributed by atoms with Crippen molar-refractivity contribution in [2.75, 3.05) is 24.5 Å². The molecule has 2 fully saturated rings. The van der Waals surface area contributed by atoms with Crippen molar-refractivity contribution in [1.82, 2.24) is 15.1 Å². The number of aromatic nitrogens is 2. The SMILES string of the molecule is CC1(N2CCCC2)CCCN1c1ccc(C(F)(F)F)nn1. The minimum atomic E-state index is -4.44. The Morgan fingerprint density at radius 2 is 1.76 bits per heavy atom. The van der Waals surface area contributed by atoms with Gasteiger partial charge in [0, 0.05) is 19.6 Å². The molecule has 1 aromatic heterocycles. The van der Waals surface area contributed by atoms with Crippen LogP contribution in [-0.2, 0) is 6.18 Å². The lowest BCUT2D eigenvalue weighted by atomic mass is 10.1. The Kier molecular flexibility index (Phi) is 3.55. The van der Waals surface area contributed by atoms with Crippen molar-refractivity contribution in [1.29, 1.82) is 0 Å². The van der Waals surface area contributed by atoms with E-state index in [1.165, 1.54) is 18.9 Å². The number of alkyl halides is 3. The predicted molar refractivity (Wildman–Crippen MR) is 72.8 cm³/mol. The summed E-state index contributed by atoms with van der Waals surface area (Å²) in [4.78, 5) is 4.52. The Morgan fingerprint density at radius 3 is 2.33 bits per heavy atom. The highest BCUT2D eigenvalue weighted by atomic mass is 19.4. The van der Waals surface area contributed by atoms with Gasteiger partial charge >= 0.3 is 6.18 Å². The molecule has 0 bridgehead atoms. The topological polar surface area (TPSA) is 32.3 Å². The lowest BCUT2D eigenvalue weighted by Gasteiger charge is -2.43. The molecule has 4 nitrogen and oxygen atoms in total. The third-order valence-corrected chi connectivity index (χ3v) is 4.62. The molecule has 0 aromatic carbocycles. The largest absolute Gasteiger partial charge is 0.435 e. The van der Waals surface area contributed by atoms with Crippen molar-refractivity contribution in [3.05, 3.63) is 17.8 Å². The van der Waals surface area contributed by atoms with E-state index in [9.17, 15) is 13.2 Å². The van der Waals surface area contributed by atoms with Gasteiger partial charge in [0.1, 0.15) is 0 Å². The highest BCUT2D eigenvalue weighted by Crippen LogP contribution is 2.38. The second kappa shape index (κ2) is 5.12. The highest BCUT2D eigenvalue weighted by Gasteiger charge is 2.43. The number of rotatable bonds is 2. The molecule has 21 heavy (non-hydrogen) atoms. The van der Waals surface area contributed by atoms with E-state index in [1.807, 2.05) is 0 Å². The van der Waals surface area contributed by atoms with Crippen molar-refractivity contribution in [3.63, 3.8) is 0 Å². The van der Waals surface area contributed by atoms with E-state index in [0.717, 1.165) is 38.5 Å². The van der Waals surface area contributed by atoms with Crippen molar-refractivity contribution >= 4 is 5.82 Å². The van der Waals surface area contributed by atoms with Crippen LogP contribution in [0.25, 0.3) is 0 Å². The molecule has 0 spiro atoms. The summed E-state index contributed by atoms with van der Waals surface area (Å²) < 4.78 is 37.7. The number of hydrogen-bond donors (Lipinski definition) is 0. The van der Waals surface area contributed by atoms with E-state index >= 15 is 0 Å². The Bertz CT molecular complexity index is 496. The van der Waals surface area contributed by atoms with Gasteiger partial charge in [0.25, 0.3) is 0 Å². The van der Waals surface area contributed by atoms with Crippen molar-refractivity contribution in [2.24, 2.45) is 0 Å². The Hall–Kier alpha value is -1.37. The van der Waals surface area contributed by atoms with Crippen molar-refractivity contribution < 1.29 is 13.2 Å². The van der Waals surface area contributed by atoms with Crippen LogP contribution in [0.2, 0.25) is 0 Å². The molecule has 0 radical (unpaired) electrons. The second-order valence-corrected chi connectivity index (χ2v) is 5.94. The molecule has 2 aliphatic rings. The van der Waals surface area contributed by atoms with Gasteiger partial charge in [-0.2, -0.15) is 13.2 Å². The van der Waals surface area contributed by atoms with Crippen LogP contribution in [-0.4, -0.2) is 40.4 Å². The molecule has 0 amide bonds. The first-order valence-electron chi connectivity index (χ1n) is 7.35. The molecule has 7 heteroatoms. The summed E-state index contributed by atoms with van der Waals surface area (Å²) >= 11 is 0. The van der Waals surface area contributed by atoms with Crippen LogP contribution in [0.15, 0.2) is 12.1 Å². The molecular weight excluding hydrogens is 281 g/mol. The van der Waals surface area contributed by atoms with Crippen LogP contribution >= 0.6 is 0 Å². The molecule has 3 heterocycles. The van der Waals surface area contributed by atoms with Crippen LogP contribution in [0.4, 0.5) is 19.0 Å². The fourth-order valence-electron chi connectivity index (χ4n) is 3.46. The first-order valence-corrected chi connectivity index (χ1v) is 7.35. The van der Waals surface area contributed by atoms with Gasteiger partial charge in [-0.15, -0.1) is 10.2 Å². The standard InChI is InChI=1S/C14H19F3N4/c1-13(20-8-2-3-9-20)7-4-10-21(13)12-6-5-11(18-19-12)14(15,16)17/h5-6H,2-4,7-10H2,1H3. The van der Waals surface area contributed by atoms with Gasteiger partial charge in [-0.1, -0.05) is 0 Å². The second-order valence-electron chi connectivity index (χ2n) is 5.94. The molecule has 116 valence electrons. The molecule has 1 aromatic rings. The number of nitrogens with zero attached hydrogens (tertiary/aromatic N) is 4. The van der Waals surface area contributed by atoms with Crippen LogP contribution in [0.1, 0.15) is 38.3 Å². The summed E-state index contributed by atoms with van der Waals surface area (Å²) in [5.41, 5.74) is -1.08. The zero-order valence-electron chi connectivity index (χ0n) is 12.0. The maximum Gasteiger partial charge on any atom is 0.435 e. The normalized spacial score (nSPS) is 27.5. The molecule has 2 saturated heterocycles. The maximum atomic E-state index is 12.6. The van der Waals surface area contributed by atoms with Crippen LogP contribution in [0.5, 0.6) is 0 Å². The molecule has 1 unspecified atom stereocenters. The smallest absolute Gasteiger partial charge is 0.337 e. The number of halogens is 3. The zero-order valence-corrected chi connectivity index (χ0v) is 12.0. The fourth-order valence-corrected chi connectivity index (χ4v) is 3.46. The van der Waals surface area contributed by atoms with Crippen molar-refractivity contribution in [3.8, 4) is 0 Å². The van der Waals surface area contributed by atoms with Gasteiger partial charge in [-0.05, 0) is 44.7 Å². The van der Waals surface area contributed by atoms with Gasteiger partial charge in [0.2, 0.25) is 0 Å². The van der Waals surface area contributed by atoms with E-state index in [-0.39, 0.29) is 5.66 Å². The molecule has 0 saturated carbocycles. The van der Waals surface area contributed by atoms with E-state index in [0.29, 0.717) is 5.82 Å². The quantitative estimate of drug-likeness (QED) is 0.840. The Balaban J connectivity index is 1.85. The third kappa shape index (κ3) is 2.59. The van der Waals surface area contributed by atoms with Gasteiger partial charge < -0.3 is 4.90 Å². The fraction of sp³-hybridized carbons (Fsp3) is 0.714.